The van der Waals surface area contributed by atoms with E-state index in [1.54, 1.807) is 24.3 Å². The highest BCUT2D eigenvalue weighted by atomic mass is 19.4. The predicted molar refractivity (Wildman–Crippen MR) is 80.0 cm³/mol. The average molecular weight is 340 g/mol. The first-order chi connectivity index (χ1) is 11.3. The summed E-state index contributed by atoms with van der Waals surface area (Å²) in [5.74, 6) is -0.439. The number of pyridine rings is 1. The molecule has 1 N–H and O–H groups in total. The van der Waals surface area contributed by atoms with Crippen LogP contribution < -0.4 is 14.8 Å². The van der Waals surface area contributed by atoms with E-state index >= 15 is 0 Å². The lowest BCUT2D eigenvalue weighted by Crippen LogP contribution is -2.26. The lowest BCUT2D eigenvalue weighted by atomic mass is 10.1. The third-order valence-electron chi connectivity index (χ3n) is 3.25. The van der Waals surface area contributed by atoms with Crippen molar-refractivity contribution >= 4 is 5.91 Å². The van der Waals surface area contributed by atoms with Crippen LogP contribution in [-0.4, -0.2) is 25.1 Å². The van der Waals surface area contributed by atoms with Crippen LogP contribution in [0, 0.1) is 0 Å². The van der Waals surface area contributed by atoms with Gasteiger partial charge in [0.2, 0.25) is 5.88 Å². The number of carbonyl (C=O) groups excluding carboxylic acids is 1. The van der Waals surface area contributed by atoms with E-state index in [0.29, 0.717) is 11.8 Å². The number of nitrogens with one attached hydrogen (secondary N) is 1. The number of alkyl halides is 3. The van der Waals surface area contributed by atoms with Gasteiger partial charge in [0, 0.05) is 18.8 Å². The Labute approximate surface area is 136 Å². The van der Waals surface area contributed by atoms with Gasteiger partial charge >= 0.3 is 6.18 Å². The summed E-state index contributed by atoms with van der Waals surface area (Å²) < 4.78 is 49.0. The molecule has 0 fully saturated rings. The molecule has 2 rings (SSSR count). The third-order valence-corrected chi connectivity index (χ3v) is 3.25. The SMILES string of the molecule is COc1ccc(CNC(=O)c2cnc(OC)cc2C(F)(F)F)cc1. The van der Waals surface area contributed by atoms with E-state index in [0.717, 1.165) is 11.8 Å². The van der Waals surface area contributed by atoms with Gasteiger partial charge in [0.15, 0.2) is 0 Å². The Morgan fingerprint density at radius 3 is 2.38 bits per heavy atom. The van der Waals surface area contributed by atoms with Crippen molar-refractivity contribution in [1.82, 2.24) is 10.3 Å². The fraction of sp³-hybridized carbons (Fsp3) is 0.250. The largest absolute Gasteiger partial charge is 0.497 e. The Morgan fingerprint density at radius 2 is 1.83 bits per heavy atom. The molecular weight excluding hydrogens is 325 g/mol. The summed E-state index contributed by atoms with van der Waals surface area (Å²) >= 11 is 0. The zero-order valence-electron chi connectivity index (χ0n) is 13.0. The van der Waals surface area contributed by atoms with Gasteiger partial charge in [-0.2, -0.15) is 13.2 Å². The second-order valence-corrected chi connectivity index (χ2v) is 4.80. The number of hydrogen-bond donors (Lipinski definition) is 1. The van der Waals surface area contributed by atoms with E-state index in [1.165, 1.54) is 14.2 Å². The molecule has 0 aliphatic heterocycles. The molecule has 0 atom stereocenters. The summed E-state index contributed by atoms with van der Waals surface area (Å²) in [6.07, 6.45) is -3.84. The summed E-state index contributed by atoms with van der Waals surface area (Å²) in [4.78, 5) is 15.8. The van der Waals surface area contributed by atoms with Crippen LogP contribution in [0.1, 0.15) is 21.5 Å². The zero-order valence-corrected chi connectivity index (χ0v) is 13.0. The Kier molecular flexibility index (Phi) is 5.28. The second kappa shape index (κ2) is 7.20. The summed E-state index contributed by atoms with van der Waals surface area (Å²) in [6.45, 7) is 0.0755. The van der Waals surface area contributed by atoms with Crippen molar-refractivity contribution in [3.8, 4) is 11.6 Å². The molecule has 0 aliphatic carbocycles. The summed E-state index contributed by atoms with van der Waals surface area (Å²) in [5, 5.41) is 2.44. The number of nitrogens with zero attached hydrogens (tertiary/aromatic N) is 1. The highest BCUT2D eigenvalue weighted by Crippen LogP contribution is 2.33. The van der Waals surface area contributed by atoms with Crippen LogP contribution in [0.25, 0.3) is 0 Å². The molecule has 5 nitrogen and oxygen atoms in total. The van der Waals surface area contributed by atoms with Crippen molar-refractivity contribution in [3.63, 3.8) is 0 Å². The maximum absolute atomic E-state index is 13.1. The van der Waals surface area contributed by atoms with Gasteiger partial charge in [-0.1, -0.05) is 12.1 Å². The van der Waals surface area contributed by atoms with E-state index in [4.69, 9.17) is 4.74 Å². The Balaban J connectivity index is 2.16. The highest BCUT2D eigenvalue weighted by Gasteiger charge is 2.36. The predicted octanol–water partition coefficient (Wildman–Crippen LogP) is 3.05. The summed E-state index contributed by atoms with van der Waals surface area (Å²) in [5.41, 5.74) is -0.933. The standard InChI is InChI=1S/C16H15F3N2O3/c1-23-11-5-3-10(4-6-11)8-21-15(22)12-9-20-14(24-2)7-13(12)16(17,18)19/h3-7,9H,8H2,1-2H3,(H,21,22). The lowest BCUT2D eigenvalue weighted by Gasteiger charge is -2.13. The first-order valence-electron chi connectivity index (χ1n) is 6.87. The summed E-state index contributed by atoms with van der Waals surface area (Å²) in [7, 11) is 2.72. The first kappa shape index (κ1) is 17.6. The monoisotopic (exact) mass is 340 g/mol. The molecule has 1 amide bonds. The molecule has 8 heteroatoms. The van der Waals surface area contributed by atoms with Gasteiger partial charge < -0.3 is 14.8 Å². The van der Waals surface area contributed by atoms with E-state index in [-0.39, 0.29) is 12.4 Å². The molecule has 0 saturated heterocycles. The highest BCUT2D eigenvalue weighted by molar-refractivity contribution is 5.95. The van der Waals surface area contributed by atoms with Crippen molar-refractivity contribution in [3.05, 3.63) is 53.2 Å². The van der Waals surface area contributed by atoms with Gasteiger partial charge in [0.05, 0.1) is 25.3 Å². The molecule has 1 heterocycles. The molecule has 1 aromatic carbocycles. The number of ether oxygens (including phenoxy) is 2. The maximum atomic E-state index is 13.1. The molecule has 128 valence electrons. The van der Waals surface area contributed by atoms with E-state index < -0.39 is 23.2 Å². The number of aromatic nitrogens is 1. The first-order valence-corrected chi connectivity index (χ1v) is 6.87. The number of amides is 1. The van der Waals surface area contributed by atoms with Crippen LogP contribution >= 0.6 is 0 Å². The van der Waals surface area contributed by atoms with Gasteiger partial charge in [-0.3, -0.25) is 4.79 Å². The number of halogens is 3. The van der Waals surface area contributed by atoms with Crippen molar-refractivity contribution in [1.29, 1.82) is 0 Å². The van der Waals surface area contributed by atoms with Crippen molar-refractivity contribution < 1.29 is 27.4 Å². The lowest BCUT2D eigenvalue weighted by molar-refractivity contribution is -0.138. The van der Waals surface area contributed by atoms with Gasteiger partial charge in [0.1, 0.15) is 5.75 Å². The van der Waals surface area contributed by atoms with Gasteiger partial charge in [-0.05, 0) is 17.7 Å². The normalized spacial score (nSPS) is 11.0. The van der Waals surface area contributed by atoms with E-state index in [9.17, 15) is 18.0 Å². The van der Waals surface area contributed by atoms with Crippen LogP contribution in [-0.2, 0) is 12.7 Å². The number of hydrogen-bond acceptors (Lipinski definition) is 4. The topological polar surface area (TPSA) is 60.5 Å². The van der Waals surface area contributed by atoms with Gasteiger partial charge in [-0.25, -0.2) is 4.98 Å². The molecule has 0 bridgehead atoms. The van der Waals surface area contributed by atoms with E-state index in [1.807, 2.05) is 0 Å². The fourth-order valence-corrected chi connectivity index (χ4v) is 1.98. The Bertz CT molecular complexity index is 715. The number of benzene rings is 1. The zero-order chi connectivity index (χ0) is 17.7. The summed E-state index contributed by atoms with van der Waals surface area (Å²) in [6, 6.07) is 7.49. The molecule has 0 spiro atoms. The molecule has 2 aromatic rings. The van der Waals surface area contributed by atoms with Gasteiger partial charge in [-0.15, -0.1) is 0 Å². The second-order valence-electron chi connectivity index (χ2n) is 4.80. The van der Waals surface area contributed by atoms with Crippen molar-refractivity contribution in [2.75, 3.05) is 14.2 Å². The van der Waals surface area contributed by atoms with Crippen LogP contribution in [0.2, 0.25) is 0 Å². The Hall–Kier alpha value is -2.77. The van der Waals surface area contributed by atoms with E-state index in [2.05, 4.69) is 15.0 Å². The number of methoxy groups -OCH3 is 2. The third kappa shape index (κ3) is 4.15. The number of carbonyl (C=O) groups is 1. The van der Waals surface area contributed by atoms with Gasteiger partial charge in [0.25, 0.3) is 5.91 Å². The van der Waals surface area contributed by atoms with Crippen LogP contribution in [0.5, 0.6) is 11.6 Å². The minimum absolute atomic E-state index is 0.0755. The quantitative estimate of drug-likeness (QED) is 0.909. The molecular formula is C16H15F3N2O3. The van der Waals surface area contributed by atoms with Crippen molar-refractivity contribution in [2.45, 2.75) is 12.7 Å². The minimum Gasteiger partial charge on any atom is -0.497 e. The maximum Gasteiger partial charge on any atom is 0.417 e. The molecule has 0 saturated carbocycles. The van der Waals surface area contributed by atoms with Crippen molar-refractivity contribution in [2.24, 2.45) is 0 Å². The average Bonchev–Trinajstić information content (AvgIpc) is 2.58. The smallest absolute Gasteiger partial charge is 0.417 e. The van der Waals surface area contributed by atoms with Crippen LogP contribution in [0.15, 0.2) is 36.5 Å². The molecule has 0 aliphatic rings. The van der Waals surface area contributed by atoms with Crippen LogP contribution in [0.3, 0.4) is 0 Å². The molecule has 0 unspecified atom stereocenters. The van der Waals surface area contributed by atoms with Crippen LogP contribution in [0.4, 0.5) is 13.2 Å². The molecule has 0 radical (unpaired) electrons. The number of rotatable bonds is 5. The molecule has 1 aromatic heterocycles. The minimum atomic E-state index is -4.69. The Morgan fingerprint density at radius 1 is 1.17 bits per heavy atom. The fourth-order valence-electron chi connectivity index (χ4n) is 1.98. The molecule has 24 heavy (non-hydrogen) atoms.